The third-order valence-corrected chi connectivity index (χ3v) is 11.0. The van der Waals surface area contributed by atoms with Crippen molar-refractivity contribution in [2.75, 3.05) is 0 Å². The second-order valence-electron chi connectivity index (χ2n) is 14.2. The highest BCUT2D eigenvalue weighted by Gasteiger charge is 2.17. The lowest BCUT2D eigenvalue weighted by Crippen LogP contribution is -1.97. The smallest absolute Gasteiger partial charge is 0.160 e. The predicted molar refractivity (Wildman–Crippen MR) is 231 cm³/mol. The molecule has 2 heterocycles. The van der Waals surface area contributed by atoms with Crippen LogP contribution in [0.5, 0.6) is 0 Å². The van der Waals surface area contributed by atoms with E-state index in [0.717, 1.165) is 39.3 Å². The molecular weight excluding hydrogens is 667 g/mol. The molecule has 0 aliphatic heterocycles. The molecule has 0 aliphatic carbocycles. The SMILES string of the molecule is c1ccc(-c2nc(-c3ccc(-c4c5ccccc5cc5c4ccc4ccccc45)cc3)cc(-c3ccc4c5ccccc5n(-c5ccccc5)c4c3)n2)cc1. The van der Waals surface area contributed by atoms with Gasteiger partial charge in [0, 0.05) is 33.2 Å². The predicted octanol–water partition coefficient (Wildman–Crippen LogP) is 13.7. The molecular formula is C52H33N3. The van der Waals surface area contributed by atoms with E-state index in [-0.39, 0.29) is 0 Å². The number of rotatable bonds is 5. The molecule has 0 spiro atoms. The van der Waals surface area contributed by atoms with Gasteiger partial charge in [-0.1, -0.05) is 164 Å². The Kier molecular flexibility index (Phi) is 7.17. The normalized spacial score (nSPS) is 11.6. The zero-order chi connectivity index (χ0) is 36.3. The molecule has 11 aromatic rings. The van der Waals surface area contributed by atoms with Gasteiger partial charge in [0.15, 0.2) is 5.82 Å². The third-order valence-electron chi connectivity index (χ3n) is 11.0. The zero-order valence-electron chi connectivity index (χ0n) is 29.9. The Hall–Kier alpha value is -7.36. The monoisotopic (exact) mass is 699 g/mol. The van der Waals surface area contributed by atoms with Gasteiger partial charge in [0.1, 0.15) is 0 Å². The maximum Gasteiger partial charge on any atom is 0.160 e. The van der Waals surface area contributed by atoms with Crippen LogP contribution in [0.2, 0.25) is 0 Å². The van der Waals surface area contributed by atoms with Gasteiger partial charge in [-0.3, -0.25) is 0 Å². The molecule has 0 bridgehead atoms. The van der Waals surface area contributed by atoms with Gasteiger partial charge in [0.25, 0.3) is 0 Å². The van der Waals surface area contributed by atoms with Crippen LogP contribution in [0.25, 0.3) is 105 Å². The summed E-state index contributed by atoms with van der Waals surface area (Å²) in [7, 11) is 0. The Morgan fingerprint density at radius 1 is 0.309 bits per heavy atom. The maximum absolute atomic E-state index is 5.20. The molecule has 0 atom stereocenters. The fourth-order valence-electron chi connectivity index (χ4n) is 8.38. The average molecular weight is 700 g/mol. The topological polar surface area (TPSA) is 30.7 Å². The summed E-state index contributed by atoms with van der Waals surface area (Å²) in [6.07, 6.45) is 0. The minimum Gasteiger partial charge on any atom is -0.309 e. The van der Waals surface area contributed by atoms with Gasteiger partial charge in [-0.2, -0.15) is 0 Å². The van der Waals surface area contributed by atoms with E-state index in [9.17, 15) is 0 Å². The summed E-state index contributed by atoms with van der Waals surface area (Å²) in [5.74, 6) is 0.702. The van der Waals surface area contributed by atoms with Gasteiger partial charge in [-0.25, -0.2) is 9.97 Å². The van der Waals surface area contributed by atoms with E-state index in [0.29, 0.717) is 5.82 Å². The standard InChI is InChI=1S/C52H33N3/c1-3-14-37(15-4-1)52-53-47(33-48(54-52)39-28-29-44-43-21-11-12-22-49(43)55(50(44)32-39)40-17-5-2-6-18-40)35-23-25-36(26-24-35)51-42-20-10-8-16-38(42)31-46-41-19-9-7-13-34(41)27-30-45(46)51/h1-33H. The van der Waals surface area contributed by atoms with Crippen LogP contribution in [0.15, 0.2) is 200 Å². The molecule has 0 N–H and O–H groups in total. The van der Waals surface area contributed by atoms with Crippen molar-refractivity contribution in [2.24, 2.45) is 0 Å². The molecule has 3 heteroatoms. The molecule has 0 fully saturated rings. The van der Waals surface area contributed by atoms with Crippen molar-refractivity contribution in [2.45, 2.75) is 0 Å². The van der Waals surface area contributed by atoms with E-state index < -0.39 is 0 Å². The Morgan fingerprint density at radius 2 is 0.891 bits per heavy atom. The number of nitrogens with zero attached hydrogens (tertiary/aromatic N) is 3. The number of benzene rings is 9. The Bertz CT molecular complexity index is 3230. The first-order chi connectivity index (χ1) is 27.3. The first-order valence-electron chi connectivity index (χ1n) is 18.7. The Balaban J connectivity index is 1.08. The largest absolute Gasteiger partial charge is 0.309 e. The minimum atomic E-state index is 0.702. The quantitative estimate of drug-likeness (QED) is 0.132. The highest BCUT2D eigenvalue weighted by molar-refractivity contribution is 6.20. The summed E-state index contributed by atoms with van der Waals surface area (Å²) < 4.78 is 2.35. The van der Waals surface area contributed by atoms with Crippen molar-refractivity contribution in [3.63, 3.8) is 0 Å². The van der Waals surface area contributed by atoms with Crippen LogP contribution < -0.4 is 0 Å². The minimum absolute atomic E-state index is 0.702. The molecule has 256 valence electrons. The molecule has 0 amide bonds. The number of hydrogen-bond acceptors (Lipinski definition) is 2. The second kappa shape index (κ2) is 12.6. The van der Waals surface area contributed by atoms with Crippen molar-refractivity contribution in [3.05, 3.63) is 200 Å². The van der Waals surface area contributed by atoms with Crippen LogP contribution in [-0.4, -0.2) is 14.5 Å². The number of hydrogen-bond donors (Lipinski definition) is 0. The van der Waals surface area contributed by atoms with Crippen LogP contribution in [0.4, 0.5) is 0 Å². The van der Waals surface area contributed by atoms with Gasteiger partial charge < -0.3 is 4.57 Å². The van der Waals surface area contributed by atoms with E-state index >= 15 is 0 Å². The molecule has 0 radical (unpaired) electrons. The fraction of sp³-hybridized carbons (Fsp3) is 0. The van der Waals surface area contributed by atoms with E-state index in [1.165, 1.54) is 59.7 Å². The molecule has 3 nitrogen and oxygen atoms in total. The Labute approximate surface area is 318 Å². The van der Waals surface area contributed by atoms with Crippen molar-refractivity contribution in [1.82, 2.24) is 14.5 Å². The number of aromatic nitrogens is 3. The lowest BCUT2D eigenvalue weighted by atomic mass is 9.89. The van der Waals surface area contributed by atoms with E-state index in [2.05, 4.69) is 187 Å². The highest BCUT2D eigenvalue weighted by Crippen LogP contribution is 2.41. The van der Waals surface area contributed by atoms with E-state index in [4.69, 9.17) is 9.97 Å². The van der Waals surface area contributed by atoms with Crippen molar-refractivity contribution in [3.8, 4) is 50.7 Å². The molecule has 9 aromatic carbocycles. The second-order valence-corrected chi connectivity index (χ2v) is 14.2. The lowest BCUT2D eigenvalue weighted by molar-refractivity contribution is 1.17. The summed E-state index contributed by atoms with van der Waals surface area (Å²) in [6, 6.07) is 71.5. The first-order valence-corrected chi connectivity index (χ1v) is 18.7. The van der Waals surface area contributed by atoms with Gasteiger partial charge in [0.2, 0.25) is 0 Å². The summed E-state index contributed by atoms with van der Waals surface area (Å²) in [5, 5.41) is 9.97. The number of fused-ring (bicyclic) bond motifs is 7. The van der Waals surface area contributed by atoms with Gasteiger partial charge in [-0.05, 0) is 79.8 Å². The van der Waals surface area contributed by atoms with Crippen LogP contribution in [0, 0.1) is 0 Å². The molecule has 0 saturated carbocycles. The Morgan fingerprint density at radius 3 is 1.69 bits per heavy atom. The van der Waals surface area contributed by atoms with Gasteiger partial charge >= 0.3 is 0 Å². The maximum atomic E-state index is 5.20. The molecule has 2 aromatic heterocycles. The molecule has 0 aliphatic rings. The summed E-state index contributed by atoms with van der Waals surface area (Å²) in [5.41, 5.74) is 10.7. The van der Waals surface area contributed by atoms with Gasteiger partial charge in [0.05, 0.1) is 22.4 Å². The third kappa shape index (κ3) is 5.20. The zero-order valence-corrected chi connectivity index (χ0v) is 29.9. The van der Waals surface area contributed by atoms with Gasteiger partial charge in [-0.15, -0.1) is 0 Å². The molecule has 0 unspecified atom stereocenters. The van der Waals surface area contributed by atoms with Crippen molar-refractivity contribution < 1.29 is 0 Å². The lowest BCUT2D eigenvalue weighted by Gasteiger charge is -2.15. The van der Waals surface area contributed by atoms with E-state index in [1.54, 1.807) is 0 Å². The van der Waals surface area contributed by atoms with Crippen LogP contribution in [0.1, 0.15) is 0 Å². The average Bonchev–Trinajstić information content (AvgIpc) is 3.60. The highest BCUT2D eigenvalue weighted by atomic mass is 15.0. The van der Waals surface area contributed by atoms with Crippen molar-refractivity contribution >= 4 is 54.1 Å². The summed E-state index contributed by atoms with van der Waals surface area (Å²) in [6.45, 7) is 0. The van der Waals surface area contributed by atoms with E-state index in [1.807, 2.05) is 18.2 Å². The fourth-order valence-corrected chi connectivity index (χ4v) is 8.38. The van der Waals surface area contributed by atoms with Crippen LogP contribution in [0.3, 0.4) is 0 Å². The van der Waals surface area contributed by atoms with Crippen LogP contribution in [-0.2, 0) is 0 Å². The first kappa shape index (κ1) is 31.2. The van der Waals surface area contributed by atoms with Crippen LogP contribution >= 0.6 is 0 Å². The molecule has 11 rings (SSSR count). The summed E-state index contributed by atoms with van der Waals surface area (Å²) >= 11 is 0. The summed E-state index contributed by atoms with van der Waals surface area (Å²) in [4.78, 5) is 10.4. The molecule has 0 saturated heterocycles. The van der Waals surface area contributed by atoms with Crippen molar-refractivity contribution in [1.29, 1.82) is 0 Å². The molecule has 55 heavy (non-hydrogen) atoms. The number of para-hydroxylation sites is 2.